The highest BCUT2D eigenvalue weighted by atomic mass is 79.9. The Kier molecular flexibility index (Phi) is 7.84. The van der Waals surface area contributed by atoms with Crippen LogP contribution in [0.3, 0.4) is 0 Å². The second-order valence-corrected chi connectivity index (χ2v) is 11.6. The zero-order valence-electron chi connectivity index (χ0n) is 21.7. The highest BCUT2D eigenvalue weighted by Crippen LogP contribution is 2.38. The van der Waals surface area contributed by atoms with E-state index in [1.807, 2.05) is 91.0 Å². The van der Waals surface area contributed by atoms with Crippen LogP contribution in [0.15, 0.2) is 119 Å². The number of hydrogen-bond acceptors (Lipinski definition) is 3. The maximum absolute atomic E-state index is 13.9. The largest absolute Gasteiger partial charge is 0.309 e. The smallest absolute Gasteiger partial charge is 0.270 e. The summed E-state index contributed by atoms with van der Waals surface area (Å²) in [6.45, 7) is 0. The average Bonchev–Trinajstić information content (AvgIpc) is 3.37. The van der Waals surface area contributed by atoms with E-state index in [1.54, 1.807) is 18.2 Å². The maximum Gasteiger partial charge on any atom is 0.270 e. The number of aromatic nitrogens is 1. The minimum absolute atomic E-state index is 0.0629. The van der Waals surface area contributed by atoms with E-state index in [4.69, 9.17) is 35.4 Å². The molecule has 1 aliphatic heterocycles. The van der Waals surface area contributed by atoms with Gasteiger partial charge in [0, 0.05) is 20.7 Å². The first kappa shape index (κ1) is 28.1. The van der Waals surface area contributed by atoms with Gasteiger partial charge in [-0.1, -0.05) is 99.8 Å². The molecule has 2 heterocycles. The van der Waals surface area contributed by atoms with Gasteiger partial charge < -0.3 is 4.57 Å². The first-order chi connectivity index (χ1) is 20.3. The molecule has 0 bridgehead atoms. The van der Waals surface area contributed by atoms with Crippen molar-refractivity contribution in [1.29, 1.82) is 0 Å². The SMILES string of the molecule is O=C1NC(=S)N(c2ccc(Cl)cc2Cl)C(=O)/C1=C/c1cc(-c2ccccc2)n(-c2ccc(Br)cc2)c1-c1ccccc1. The van der Waals surface area contributed by atoms with Crippen LogP contribution in [-0.4, -0.2) is 21.5 Å². The van der Waals surface area contributed by atoms with E-state index in [2.05, 4.69) is 25.8 Å². The second kappa shape index (κ2) is 11.7. The van der Waals surface area contributed by atoms with E-state index in [9.17, 15) is 9.59 Å². The first-order valence-corrected chi connectivity index (χ1v) is 14.8. The third-order valence-corrected chi connectivity index (χ3v) is 8.14. The van der Waals surface area contributed by atoms with Crippen molar-refractivity contribution in [3.8, 4) is 28.2 Å². The van der Waals surface area contributed by atoms with Gasteiger partial charge in [0.05, 0.1) is 22.1 Å². The lowest BCUT2D eigenvalue weighted by molar-refractivity contribution is -0.122. The molecule has 5 nitrogen and oxygen atoms in total. The Morgan fingerprint density at radius 3 is 2.07 bits per heavy atom. The fourth-order valence-electron chi connectivity index (χ4n) is 4.91. The molecular formula is C33H20BrCl2N3O2S. The van der Waals surface area contributed by atoms with E-state index >= 15 is 0 Å². The molecule has 1 aliphatic rings. The third kappa shape index (κ3) is 5.32. The fraction of sp³-hybridized carbons (Fsp3) is 0. The molecule has 0 atom stereocenters. The van der Waals surface area contributed by atoms with Crippen molar-refractivity contribution in [1.82, 2.24) is 9.88 Å². The summed E-state index contributed by atoms with van der Waals surface area (Å²) in [4.78, 5) is 28.4. The number of halogens is 3. The van der Waals surface area contributed by atoms with Crippen LogP contribution < -0.4 is 10.2 Å². The van der Waals surface area contributed by atoms with Crippen LogP contribution in [0, 0.1) is 0 Å². The molecule has 0 unspecified atom stereocenters. The standard InChI is InChI=1S/C33H20BrCl2N3O2S/c34-23-11-14-25(15-12-23)38-29(20-7-3-1-4-8-20)18-22(30(38)21-9-5-2-6-10-21)17-26-31(40)37-33(42)39(32(26)41)28-16-13-24(35)19-27(28)36/h1-19H,(H,37,40,42)/b26-17+. The molecule has 4 aromatic carbocycles. The lowest BCUT2D eigenvalue weighted by atomic mass is 10.0. The minimum atomic E-state index is -0.594. The zero-order chi connectivity index (χ0) is 29.4. The first-order valence-electron chi connectivity index (χ1n) is 12.8. The minimum Gasteiger partial charge on any atom is -0.309 e. The van der Waals surface area contributed by atoms with Gasteiger partial charge in [0.15, 0.2) is 5.11 Å². The number of rotatable bonds is 5. The Morgan fingerprint density at radius 1 is 0.786 bits per heavy atom. The van der Waals surface area contributed by atoms with E-state index in [0.29, 0.717) is 16.3 Å². The van der Waals surface area contributed by atoms with Crippen LogP contribution in [0.5, 0.6) is 0 Å². The van der Waals surface area contributed by atoms with Crippen molar-refractivity contribution in [2.24, 2.45) is 0 Å². The van der Waals surface area contributed by atoms with E-state index in [-0.39, 0.29) is 15.7 Å². The molecule has 1 fully saturated rings. The second-order valence-electron chi connectivity index (χ2n) is 9.43. The van der Waals surface area contributed by atoms with Crippen molar-refractivity contribution in [2.45, 2.75) is 0 Å². The molecule has 0 radical (unpaired) electrons. The molecule has 1 saturated heterocycles. The molecule has 2 amide bonds. The lowest BCUT2D eigenvalue weighted by Crippen LogP contribution is -2.54. The molecular weight excluding hydrogens is 653 g/mol. The topological polar surface area (TPSA) is 54.3 Å². The van der Waals surface area contributed by atoms with Crippen molar-refractivity contribution >= 4 is 80.0 Å². The van der Waals surface area contributed by atoms with Crippen molar-refractivity contribution in [2.75, 3.05) is 4.90 Å². The number of hydrogen-bond donors (Lipinski definition) is 1. The summed E-state index contributed by atoms with van der Waals surface area (Å²) in [5, 5.41) is 3.22. The van der Waals surface area contributed by atoms with Gasteiger partial charge >= 0.3 is 0 Å². The molecule has 42 heavy (non-hydrogen) atoms. The van der Waals surface area contributed by atoms with Gasteiger partial charge in [-0.2, -0.15) is 0 Å². The number of thiocarbonyl (C=S) groups is 1. The molecule has 1 N–H and O–H groups in total. The predicted molar refractivity (Wildman–Crippen MR) is 177 cm³/mol. The Balaban J connectivity index is 1.60. The number of nitrogens with zero attached hydrogens (tertiary/aromatic N) is 2. The van der Waals surface area contributed by atoms with E-state index in [1.165, 1.54) is 11.0 Å². The Morgan fingerprint density at radius 2 is 1.43 bits per heavy atom. The number of amides is 2. The van der Waals surface area contributed by atoms with Crippen LogP contribution in [0.2, 0.25) is 10.0 Å². The molecule has 9 heteroatoms. The van der Waals surface area contributed by atoms with Gasteiger partial charge in [-0.15, -0.1) is 0 Å². The number of benzene rings is 4. The maximum atomic E-state index is 13.9. The molecule has 0 aliphatic carbocycles. The van der Waals surface area contributed by atoms with Gasteiger partial charge in [-0.05, 0) is 78.0 Å². The van der Waals surface area contributed by atoms with Crippen molar-refractivity contribution in [3.05, 3.63) is 135 Å². The molecule has 6 rings (SSSR count). The number of carbonyl (C=O) groups is 2. The highest BCUT2D eigenvalue weighted by molar-refractivity contribution is 9.10. The molecule has 0 spiro atoms. The monoisotopic (exact) mass is 671 g/mol. The lowest BCUT2D eigenvalue weighted by Gasteiger charge is -2.29. The van der Waals surface area contributed by atoms with Crippen LogP contribution in [0.25, 0.3) is 34.3 Å². The normalized spacial score (nSPS) is 14.4. The van der Waals surface area contributed by atoms with Crippen molar-refractivity contribution < 1.29 is 9.59 Å². The van der Waals surface area contributed by atoms with Gasteiger partial charge in [-0.25, -0.2) is 0 Å². The summed E-state index contributed by atoms with van der Waals surface area (Å²) < 4.78 is 3.08. The van der Waals surface area contributed by atoms with Gasteiger partial charge in [0.25, 0.3) is 11.8 Å². The molecule has 206 valence electrons. The summed E-state index contributed by atoms with van der Waals surface area (Å²) in [5.74, 6) is -1.19. The summed E-state index contributed by atoms with van der Waals surface area (Å²) in [5.41, 5.74) is 5.41. The van der Waals surface area contributed by atoms with Gasteiger partial charge in [0.2, 0.25) is 0 Å². The Bertz CT molecular complexity index is 1890. The third-order valence-electron chi connectivity index (χ3n) is 6.78. The number of carbonyl (C=O) groups excluding carboxylic acids is 2. The summed E-state index contributed by atoms with van der Waals surface area (Å²) in [6.07, 6.45) is 1.61. The number of anilines is 1. The van der Waals surface area contributed by atoms with Crippen LogP contribution >= 0.6 is 51.3 Å². The Labute approximate surface area is 266 Å². The predicted octanol–water partition coefficient (Wildman–Crippen LogP) is 8.71. The van der Waals surface area contributed by atoms with Crippen LogP contribution in [0.1, 0.15) is 5.56 Å². The molecule has 0 saturated carbocycles. The quantitative estimate of drug-likeness (QED) is 0.115. The summed E-state index contributed by atoms with van der Waals surface area (Å²) in [6, 6.07) is 34.5. The zero-order valence-corrected chi connectivity index (χ0v) is 25.6. The fourth-order valence-corrected chi connectivity index (χ4v) is 5.94. The van der Waals surface area contributed by atoms with Crippen LogP contribution in [0.4, 0.5) is 5.69 Å². The molecule has 5 aromatic rings. The summed E-state index contributed by atoms with van der Waals surface area (Å²) in [7, 11) is 0. The van der Waals surface area contributed by atoms with Crippen molar-refractivity contribution in [3.63, 3.8) is 0 Å². The Hall–Kier alpha value is -4.01. The summed E-state index contributed by atoms with van der Waals surface area (Å²) >= 11 is 21.4. The average molecular weight is 673 g/mol. The van der Waals surface area contributed by atoms with Gasteiger partial charge in [-0.3, -0.25) is 19.8 Å². The van der Waals surface area contributed by atoms with E-state index < -0.39 is 11.8 Å². The van der Waals surface area contributed by atoms with E-state index in [0.717, 1.165) is 32.7 Å². The molecule has 1 aromatic heterocycles. The van der Waals surface area contributed by atoms with Crippen LogP contribution in [-0.2, 0) is 9.59 Å². The van der Waals surface area contributed by atoms with Gasteiger partial charge in [0.1, 0.15) is 5.57 Å². The number of nitrogens with one attached hydrogen (secondary N) is 1. The highest BCUT2D eigenvalue weighted by Gasteiger charge is 2.36.